The summed E-state index contributed by atoms with van der Waals surface area (Å²) in [6.45, 7) is 0. The van der Waals surface area contributed by atoms with E-state index in [1.54, 1.807) is 0 Å². The SMILES string of the molecule is OC(Cc1ccccc1)c1ccc[nH]1. The van der Waals surface area contributed by atoms with Gasteiger partial charge in [0.05, 0.1) is 6.10 Å². The highest BCUT2D eigenvalue weighted by atomic mass is 16.3. The molecule has 0 radical (unpaired) electrons. The topological polar surface area (TPSA) is 36.0 Å². The number of aliphatic hydroxyl groups excluding tert-OH is 1. The first kappa shape index (κ1) is 9.03. The largest absolute Gasteiger partial charge is 0.387 e. The average molecular weight is 187 g/mol. The molecule has 1 heterocycles. The molecular formula is C12H13NO. The average Bonchev–Trinajstić information content (AvgIpc) is 2.72. The maximum absolute atomic E-state index is 9.83. The molecule has 0 aliphatic heterocycles. The maximum atomic E-state index is 9.83. The summed E-state index contributed by atoms with van der Waals surface area (Å²) < 4.78 is 0. The van der Waals surface area contributed by atoms with Crippen LogP contribution >= 0.6 is 0 Å². The summed E-state index contributed by atoms with van der Waals surface area (Å²) in [5, 5.41) is 9.83. The molecule has 0 saturated carbocycles. The molecule has 0 spiro atoms. The number of aromatic amines is 1. The summed E-state index contributed by atoms with van der Waals surface area (Å²) in [5.74, 6) is 0. The highest BCUT2D eigenvalue weighted by molar-refractivity contribution is 5.18. The predicted molar refractivity (Wildman–Crippen MR) is 55.9 cm³/mol. The van der Waals surface area contributed by atoms with Crippen LogP contribution in [0, 0.1) is 0 Å². The number of H-pyrrole nitrogens is 1. The first-order chi connectivity index (χ1) is 6.86. The minimum absolute atomic E-state index is 0.438. The van der Waals surface area contributed by atoms with Crippen LogP contribution in [0.25, 0.3) is 0 Å². The van der Waals surface area contributed by atoms with Gasteiger partial charge in [0.1, 0.15) is 0 Å². The number of hydrogen-bond donors (Lipinski definition) is 2. The van der Waals surface area contributed by atoms with Crippen molar-refractivity contribution in [3.63, 3.8) is 0 Å². The van der Waals surface area contributed by atoms with Gasteiger partial charge in [0.15, 0.2) is 0 Å². The molecule has 0 fully saturated rings. The van der Waals surface area contributed by atoms with E-state index in [0.717, 1.165) is 11.3 Å². The highest BCUT2D eigenvalue weighted by Crippen LogP contribution is 2.15. The lowest BCUT2D eigenvalue weighted by atomic mass is 10.1. The third-order valence-corrected chi connectivity index (χ3v) is 2.25. The Bertz CT molecular complexity index is 366. The molecule has 1 unspecified atom stereocenters. The Kier molecular flexibility index (Phi) is 2.65. The molecule has 0 amide bonds. The number of hydrogen-bond acceptors (Lipinski definition) is 1. The van der Waals surface area contributed by atoms with Crippen molar-refractivity contribution >= 4 is 0 Å². The van der Waals surface area contributed by atoms with Gasteiger partial charge in [0, 0.05) is 18.3 Å². The lowest BCUT2D eigenvalue weighted by Gasteiger charge is -2.08. The molecule has 2 N–H and O–H groups in total. The normalized spacial score (nSPS) is 12.6. The van der Waals surface area contributed by atoms with Crippen molar-refractivity contribution < 1.29 is 5.11 Å². The van der Waals surface area contributed by atoms with Gasteiger partial charge in [-0.25, -0.2) is 0 Å². The quantitative estimate of drug-likeness (QED) is 0.759. The van der Waals surface area contributed by atoms with E-state index in [1.807, 2.05) is 48.7 Å². The van der Waals surface area contributed by atoms with Gasteiger partial charge in [-0.2, -0.15) is 0 Å². The van der Waals surface area contributed by atoms with Crippen molar-refractivity contribution in [2.75, 3.05) is 0 Å². The van der Waals surface area contributed by atoms with Gasteiger partial charge in [-0.05, 0) is 17.7 Å². The smallest absolute Gasteiger partial charge is 0.0977 e. The van der Waals surface area contributed by atoms with Crippen LogP contribution in [0.3, 0.4) is 0 Å². The van der Waals surface area contributed by atoms with E-state index >= 15 is 0 Å². The van der Waals surface area contributed by atoms with Crippen LogP contribution in [-0.2, 0) is 6.42 Å². The molecule has 1 aromatic carbocycles. The monoisotopic (exact) mass is 187 g/mol. The van der Waals surface area contributed by atoms with Crippen LogP contribution in [0.2, 0.25) is 0 Å². The van der Waals surface area contributed by atoms with Crippen LogP contribution < -0.4 is 0 Å². The second-order valence-corrected chi connectivity index (χ2v) is 3.33. The standard InChI is InChI=1S/C12H13NO/c14-12(11-7-4-8-13-11)9-10-5-2-1-3-6-10/h1-8,12-14H,9H2. The minimum atomic E-state index is -0.438. The van der Waals surface area contributed by atoms with Gasteiger partial charge in [-0.15, -0.1) is 0 Å². The van der Waals surface area contributed by atoms with Crippen molar-refractivity contribution in [2.24, 2.45) is 0 Å². The number of aromatic nitrogens is 1. The van der Waals surface area contributed by atoms with E-state index < -0.39 is 6.10 Å². The van der Waals surface area contributed by atoms with Gasteiger partial charge >= 0.3 is 0 Å². The van der Waals surface area contributed by atoms with E-state index in [-0.39, 0.29) is 0 Å². The number of rotatable bonds is 3. The fourth-order valence-electron chi connectivity index (χ4n) is 1.50. The fourth-order valence-corrected chi connectivity index (χ4v) is 1.50. The number of benzene rings is 1. The Balaban J connectivity index is 2.06. The van der Waals surface area contributed by atoms with E-state index in [4.69, 9.17) is 0 Å². The lowest BCUT2D eigenvalue weighted by Crippen LogP contribution is -2.01. The van der Waals surface area contributed by atoms with Gasteiger partial charge in [0.2, 0.25) is 0 Å². The summed E-state index contributed by atoms with van der Waals surface area (Å²) in [4.78, 5) is 3.01. The van der Waals surface area contributed by atoms with Crippen LogP contribution in [0.1, 0.15) is 17.4 Å². The van der Waals surface area contributed by atoms with Crippen molar-refractivity contribution in [3.05, 3.63) is 59.9 Å². The summed E-state index contributed by atoms with van der Waals surface area (Å²) in [6, 6.07) is 13.8. The van der Waals surface area contributed by atoms with Crippen molar-refractivity contribution in [3.8, 4) is 0 Å². The molecule has 0 aliphatic rings. The van der Waals surface area contributed by atoms with Gasteiger partial charge in [-0.3, -0.25) is 0 Å². The van der Waals surface area contributed by atoms with E-state index in [1.165, 1.54) is 0 Å². The Morgan fingerprint density at radius 1 is 1.07 bits per heavy atom. The zero-order chi connectivity index (χ0) is 9.80. The van der Waals surface area contributed by atoms with Crippen LogP contribution in [-0.4, -0.2) is 10.1 Å². The number of aliphatic hydroxyl groups is 1. The summed E-state index contributed by atoms with van der Waals surface area (Å²) >= 11 is 0. The summed E-state index contributed by atoms with van der Waals surface area (Å²) in [5.41, 5.74) is 2.02. The predicted octanol–water partition coefficient (Wildman–Crippen LogP) is 2.29. The first-order valence-electron chi connectivity index (χ1n) is 4.71. The molecule has 0 aliphatic carbocycles. The molecule has 14 heavy (non-hydrogen) atoms. The second-order valence-electron chi connectivity index (χ2n) is 3.33. The van der Waals surface area contributed by atoms with Gasteiger partial charge in [-0.1, -0.05) is 30.3 Å². The molecule has 2 rings (SSSR count). The maximum Gasteiger partial charge on any atom is 0.0977 e. The summed E-state index contributed by atoms with van der Waals surface area (Å²) in [6.07, 6.45) is 2.04. The molecule has 2 nitrogen and oxygen atoms in total. The summed E-state index contributed by atoms with van der Waals surface area (Å²) in [7, 11) is 0. The van der Waals surface area contributed by atoms with Crippen LogP contribution in [0.15, 0.2) is 48.7 Å². The van der Waals surface area contributed by atoms with Gasteiger partial charge in [0.25, 0.3) is 0 Å². The molecule has 1 atom stereocenters. The van der Waals surface area contributed by atoms with Crippen molar-refractivity contribution in [1.82, 2.24) is 4.98 Å². The zero-order valence-electron chi connectivity index (χ0n) is 7.85. The Morgan fingerprint density at radius 2 is 1.86 bits per heavy atom. The molecule has 0 bridgehead atoms. The number of nitrogens with one attached hydrogen (secondary N) is 1. The van der Waals surface area contributed by atoms with E-state index in [2.05, 4.69) is 4.98 Å². The zero-order valence-corrected chi connectivity index (χ0v) is 7.85. The molecule has 2 heteroatoms. The molecule has 1 aromatic heterocycles. The van der Waals surface area contributed by atoms with Crippen molar-refractivity contribution in [2.45, 2.75) is 12.5 Å². The third kappa shape index (κ3) is 2.03. The van der Waals surface area contributed by atoms with Gasteiger partial charge < -0.3 is 10.1 Å². The Morgan fingerprint density at radius 3 is 2.50 bits per heavy atom. The third-order valence-electron chi connectivity index (χ3n) is 2.25. The molecular weight excluding hydrogens is 174 g/mol. The Hall–Kier alpha value is -1.54. The molecule has 0 saturated heterocycles. The van der Waals surface area contributed by atoms with Crippen LogP contribution in [0.4, 0.5) is 0 Å². The van der Waals surface area contributed by atoms with Crippen LogP contribution in [0.5, 0.6) is 0 Å². The van der Waals surface area contributed by atoms with E-state index in [0.29, 0.717) is 6.42 Å². The second kappa shape index (κ2) is 4.11. The minimum Gasteiger partial charge on any atom is -0.387 e. The van der Waals surface area contributed by atoms with E-state index in [9.17, 15) is 5.11 Å². The Labute approximate surface area is 83.2 Å². The molecule has 72 valence electrons. The highest BCUT2D eigenvalue weighted by Gasteiger charge is 2.07. The fraction of sp³-hybridized carbons (Fsp3) is 0.167. The lowest BCUT2D eigenvalue weighted by molar-refractivity contribution is 0.174. The van der Waals surface area contributed by atoms with Crippen molar-refractivity contribution in [1.29, 1.82) is 0 Å². The first-order valence-corrected chi connectivity index (χ1v) is 4.71. The molecule has 2 aromatic rings.